The SMILES string of the molecule is O=C(O)c1coc(C(=O)NCCc2ccc(O)cc2)c1. The molecule has 0 bridgehead atoms. The molecule has 0 aliphatic heterocycles. The molecule has 0 fully saturated rings. The molecule has 20 heavy (non-hydrogen) atoms. The minimum atomic E-state index is -1.14. The predicted molar refractivity (Wildman–Crippen MR) is 69.8 cm³/mol. The summed E-state index contributed by atoms with van der Waals surface area (Å²) in [6.45, 7) is 0.382. The first-order valence-electron chi connectivity index (χ1n) is 5.94. The molecular weight excluding hydrogens is 262 g/mol. The van der Waals surface area contributed by atoms with Gasteiger partial charge in [0, 0.05) is 12.6 Å². The second-order valence-electron chi connectivity index (χ2n) is 4.18. The summed E-state index contributed by atoms with van der Waals surface area (Å²) < 4.78 is 4.88. The molecule has 0 aliphatic carbocycles. The number of phenols is 1. The number of carboxylic acids is 1. The first-order valence-corrected chi connectivity index (χ1v) is 5.94. The number of amides is 1. The van der Waals surface area contributed by atoms with E-state index in [4.69, 9.17) is 14.6 Å². The van der Waals surface area contributed by atoms with Gasteiger partial charge >= 0.3 is 5.97 Å². The van der Waals surface area contributed by atoms with Crippen LogP contribution in [0, 0.1) is 0 Å². The standard InChI is InChI=1S/C14H13NO5/c16-11-3-1-9(2-4-11)5-6-15-13(17)12-7-10(8-20-12)14(18)19/h1-4,7-8,16H,5-6H2,(H,15,17)(H,18,19). The lowest BCUT2D eigenvalue weighted by Gasteiger charge is -2.03. The maximum atomic E-state index is 11.7. The summed E-state index contributed by atoms with van der Waals surface area (Å²) in [5.74, 6) is -1.45. The molecule has 0 saturated carbocycles. The van der Waals surface area contributed by atoms with Crippen LogP contribution in [0.3, 0.4) is 0 Å². The second-order valence-corrected chi connectivity index (χ2v) is 4.18. The first-order chi connectivity index (χ1) is 9.56. The number of carbonyl (C=O) groups is 2. The maximum Gasteiger partial charge on any atom is 0.338 e. The van der Waals surface area contributed by atoms with Gasteiger partial charge in [0.05, 0.1) is 5.56 Å². The zero-order valence-corrected chi connectivity index (χ0v) is 10.5. The van der Waals surface area contributed by atoms with E-state index in [-0.39, 0.29) is 17.1 Å². The quantitative estimate of drug-likeness (QED) is 0.770. The van der Waals surface area contributed by atoms with Gasteiger partial charge in [-0.25, -0.2) is 4.79 Å². The van der Waals surface area contributed by atoms with Crippen LogP contribution in [0.1, 0.15) is 26.5 Å². The van der Waals surface area contributed by atoms with Gasteiger partial charge in [-0.2, -0.15) is 0 Å². The normalized spacial score (nSPS) is 10.2. The molecular formula is C14H13NO5. The van der Waals surface area contributed by atoms with Crippen molar-refractivity contribution in [2.45, 2.75) is 6.42 Å². The molecule has 0 saturated heterocycles. The van der Waals surface area contributed by atoms with Crippen molar-refractivity contribution in [2.75, 3.05) is 6.54 Å². The number of aromatic hydroxyl groups is 1. The van der Waals surface area contributed by atoms with Crippen LogP contribution in [0.5, 0.6) is 5.75 Å². The van der Waals surface area contributed by atoms with Crippen LogP contribution in [-0.2, 0) is 6.42 Å². The molecule has 0 aliphatic rings. The van der Waals surface area contributed by atoms with Crippen LogP contribution in [0.15, 0.2) is 41.0 Å². The minimum Gasteiger partial charge on any atom is -0.508 e. The van der Waals surface area contributed by atoms with Crippen molar-refractivity contribution < 1.29 is 24.2 Å². The van der Waals surface area contributed by atoms with E-state index >= 15 is 0 Å². The molecule has 1 aromatic carbocycles. The maximum absolute atomic E-state index is 11.7. The Bertz CT molecular complexity index is 615. The first kappa shape index (κ1) is 13.7. The van der Waals surface area contributed by atoms with Crippen molar-refractivity contribution in [3.8, 4) is 5.75 Å². The Kier molecular flexibility index (Phi) is 4.05. The summed E-state index contributed by atoms with van der Waals surface area (Å²) in [5, 5.41) is 20.5. The highest BCUT2D eigenvalue weighted by Crippen LogP contribution is 2.10. The average Bonchev–Trinajstić information content (AvgIpc) is 2.91. The number of carboxylic acid groups (broad SMARTS) is 1. The van der Waals surface area contributed by atoms with Crippen LogP contribution in [0.2, 0.25) is 0 Å². The Labute approximate surface area is 114 Å². The smallest absolute Gasteiger partial charge is 0.338 e. The molecule has 0 spiro atoms. The van der Waals surface area contributed by atoms with Crippen LogP contribution < -0.4 is 5.32 Å². The summed E-state index contributed by atoms with van der Waals surface area (Å²) in [4.78, 5) is 22.3. The molecule has 6 nitrogen and oxygen atoms in total. The summed E-state index contributed by atoms with van der Waals surface area (Å²) in [6.07, 6.45) is 1.62. The lowest BCUT2D eigenvalue weighted by Crippen LogP contribution is -2.25. The summed E-state index contributed by atoms with van der Waals surface area (Å²) in [6, 6.07) is 7.84. The number of rotatable bonds is 5. The van der Waals surface area contributed by atoms with Crippen LogP contribution in [-0.4, -0.2) is 28.6 Å². The van der Waals surface area contributed by atoms with Gasteiger partial charge in [0.15, 0.2) is 5.76 Å². The molecule has 2 aromatic rings. The fraction of sp³-hybridized carbons (Fsp3) is 0.143. The highest BCUT2D eigenvalue weighted by molar-refractivity contribution is 5.95. The molecule has 1 heterocycles. The van der Waals surface area contributed by atoms with Crippen molar-refractivity contribution in [2.24, 2.45) is 0 Å². The van der Waals surface area contributed by atoms with Gasteiger partial charge in [-0.3, -0.25) is 4.79 Å². The summed E-state index contributed by atoms with van der Waals surface area (Å²) in [7, 11) is 0. The number of phenolic OH excluding ortho intramolecular Hbond substituents is 1. The van der Waals surface area contributed by atoms with Gasteiger partial charge in [0.1, 0.15) is 12.0 Å². The molecule has 2 rings (SSSR count). The van der Waals surface area contributed by atoms with E-state index in [1.54, 1.807) is 24.3 Å². The minimum absolute atomic E-state index is 0.0342. The van der Waals surface area contributed by atoms with Crippen molar-refractivity contribution in [3.63, 3.8) is 0 Å². The zero-order chi connectivity index (χ0) is 14.5. The molecule has 104 valence electrons. The van der Waals surface area contributed by atoms with Gasteiger partial charge in [-0.05, 0) is 24.1 Å². The lowest BCUT2D eigenvalue weighted by atomic mass is 10.1. The number of hydrogen-bond acceptors (Lipinski definition) is 4. The van der Waals surface area contributed by atoms with E-state index in [1.807, 2.05) is 0 Å². The highest BCUT2D eigenvalue weighted by Gasteiger charge is 2.13. The van der Waals surface area contributed by atoms with Crippen LogP contribution in [0.25, 0.3) is 0 Å². The van der Waals surface area contributed by atoms with Gasteiger partial charge in [0.2, 0.25) is 0 Å². The molecule has 6 heteroatoms. The van der Waals surface area contributed by atoms with E-state index in [9.17, 15) is 9.59 Å². The second kappa shape index (κ2) is 5.92. The lowest BCUT2D eigenvalue weighted by molar-refractivity contribution is 0.0696. The van der Waals surface area contributed by atoms with E-state index in [2.05, 4.69) is 5.32 Å². The van der Waals surface area contributed by atoms with Crippen LogP contribution in [0.4, 0.5) is 0 Å². The van der Waals surface area contributed by atoms with Crippen molar-refractivity contribution in [3.05, 3.63) is 53.5 Å². The van der Waals surface area contributed by atoms with Gasteiger partial charge < -0.3 is 19.9 Å². The Morgan fingerprint density at radius 1 is 1.20 bits per heavy atom. The number of hydrogen-bond donors (Lipinski definition) is 3. The zero-order valence-electron chi connectivity index (χ0n) is 10.5. The molecule has 0 atom stereocenters. The van der Waals surface area contributed by atoms with E-state index < -0.39 is 11.9 Å². The molecule has 0 unspecified atom stereocenters. The molecule has 1 amide bonds. The largest absolute Gasteiger partial charge is 0.508 e. The number of benzene rings is 1. The number of aromatic carboxylic acids is 1. The Morgan fingerprint density at radius 2 is 1.90 bits per heavy atom. The Hall–Kier alpha value is -2.76. The van der Waals surface area contributed by atoms with E-state index in [0.717, 1.165) is 11.8 Å². The van der Waals surface area contributed by atoms with Gasteiger partial charge in [-0.1, -0.05) is 12.1 Å². The van der Waals surface area contributed by atoms with Crippen molar-refractivity contribution in [1.29, 1.82) is 0 Å². The van der Waals surface area contributed by atoms with Gasteiger partial charge in [0.25, 0.3) is 5.91 Å². The van der Waals surface area contributed by atoms with E-state index in [0.29, 0.717) is 13.0 Å². The van der Waals surface area contributed by atoms with Crippen LogP contribution >= 0.6 is 0 Å². The molecule has 0 radical (unpaired) electrons. The summed E-state index contributed by atoms with van der Waals surface area (Å²) in [5.41, 5.74) is 0.905. The Balaban J connectivity index is 1.85. The fourth-order valence-corrected chi connectivity index (χ4v) is 1.64. The van der Waals surface area contributed by atoms with Crippen molar-refractivity contribution in [1.82, 2.24) is 5.32 Å². The highest BCUT2D eigenvalue weighted by atomic mass is 16.4. The number of furan rings is 1. The monoisotopic (exact) mass is 275 g/mol. The Morgan fingerprint density at radius 3 is 2.50 bits per heavy atom. The predicted octanol–water partition coefficient (Wildman–Crippen LogP) is 1.66. The third-order valence-electron chi connectivity index (χ3n) is 2.71. The van der Waals surface area contributed by atoms with E-state index in [1.165, 1.54) is 6.07 Å². The number of nitrogens with one attached hydrogen (secondary N) is 1. The topological polar surface area (TPSA) is 99.8 Å². The number of carbonyl (C=O) groups excluding carboxylic acids is 1. The third-order valence-corrected chi connectivity index (χ3v) is 2.71. The fourth-order valence-electron chi connectivity index (χ4n) is 1.64. The average molecular weight is 275 g/mol. The molecule has 1 aromatic heterocycles. The summed E-state index contributed by atoms with van der Waals surface area (Å²) >= 11 is 0. The van der Waals surface area contributed by atoms with Crippen molar-refractivity contribution >= 4 is 11.9 Å². The van der Waals surface area contributed by atoms with Gasteiger partial charge in [-0.15, -0.1) is 0 Å². The third kappa shape index (κ3) is 3.38. The molecule has 3 N–H and O–H groups in total.